The summed E-state index contributed by atoms with van der Waals surface area (Å²) in [6.45, 7) is 10.6. The van der Waals surface area contributed by atoms with Crippen LogP contribution in [0.4, 0.5) is 0 Å². The summed E-state index contributed by atoms with van der Waals surface area (Å²) in [5.74, 6) is 0.942. The van der Waals surface area contributed by atoms with Gasteiger partial charge in [0, 0.05) is 25.2 Å². The molecule has 3 rings (SSSR count). The minimum Gasteiger partial charge on any atom is -0.308 e. The number of rotatable bonds is 4. The molecule has 1 saturated heterocycles. The molecule has 2 aliphatic rings. The standard InChI is InChI=1S/C18H28N2/c1-4-17(2)14-20(12-15-10-11-15)18(3,13-19-17)16-8-6-5-7-9-16/h5-9,15,19H,4,10-14H2,1-3H3. The van der Waals surface area contributed by atoms with Gasteiger partial charge in [0.05, 0.1) is 5.54 Å². The van der Waals surface area contributed by atoms with Gasteiger partial charge in [0.2, 0.25) is 0 Å². The highest BCUT2D eigenvalue weighted by molar-refractivity contribution is 5.26. The third kappa shape index (κ3) is 2.64. The van der Waals surface area contributed by atoms with E-state index in [-0.39, 0.29) is 11.1 Å². The van der Waals surface area contributed by atoms with Crippen molar-refractivity contribution >= 4 is 0 Å². The van der Waals surface area contributed by atoms with Crippen LogP contribution in [0.5, 0.6) is 0 Å². The summed E-state index contributed by atoms with van der Waals surface area (Å²) < 4.78 is 0. The Balaban J connectivity index is 1.87. The van der Waals surface area contributed by atoms with Crippen LogP contribution in [0.1, 0.15) is 45.6 Å². The van der Waals surface area contributed by atoms with Gasteiger partial charge in [0.1, 0.15) is 0 Å². The number of nitrogens with zero attached hydrogens (tertiary/aromatic N) is 1. The first-order valence-electron chi connectivity index (χ1n) is 8.11. The Labute approximate surface area is 123 Å². The fourth-order valence-electron chi connectivity index (χ4n) is 3.35. The summed E-state index contributed by atoms with van der Waals surface area (Å²) in [5, 5.41) is 3.82. The van der Waals surface area contributed by atoms with Crippen LogP contribution in [-0.4, -0.2) is 30.1 Å². The van der Waals surface area contributed by atoms with Crippen molar-refractivity contribution < 1.29 is 0 Å². The van der Waals surface area contributed by atoms with Gasteiger partial charge in [-0.25, -0.2) is 0 Å². The van der Waals surface area contributed by atoms with E-state index in [1.165, 1.54) is 31.4 Å². The van der Waals surface area contributed by atoms with E-state index in [1.54, 1.807) is 0 Å². The molecule has 1 aliphatic carbocycles. The van der Waals surface area contributed by atoms with Gasteiger partial charge in [0.15, 0.2) is 0 Å². The van der Waals surface area contributed by atoms with Crippen LogP contribution in [0.3, 0.4) is 0 Å². The van der Waals surface area contributed by atoms with Crippen molar-refractivity contribution in [3.8, 4) is 0 Å². The monoisotopic (exact) mass is 272 g/mol. The number of benzene rings is 1. The molecule has 1 heterocycles. The molecule has 1 aromatic carbocycles. The molecular formula is C18H28N2. The topological polar surface area (TPSA) is 15.3 Å². The van der Waals surface area contributed by atoms with Gasteiger partial charge in [-0.15, -0.1) is 0 Å². The van der Waals surface area contributed by atoms with Gasteiger partial charge in [-0.3, -0.25) is 4.90 Å². The predicted octanol–water partition coefficient (Wildman–Crippen LogP) is 3.39. The molecule has 2 fully saturated rings. The lowest BCUT2D eigenvalue weighted by Crippen LogP contribution is -2.66. The molecule has 1 N–H and O–H groups in total. The molecule has 2 heteroatoms. The van der Waals surface area contributed by atoms with Crippen molar-refractivity contribution in [1.29, 1.82) is 0 Å². The van der Waals surface area contributed by atoms with E-state index in [0.29, 0.717) is 0 Å². The van der Waals surface area contributed by atoms with Crippen LogP contribution in [0.15, 0.2) is 30.3 Å². The second-order valence-electron chi connectivity index (χ2n) is 7.23. The second-order valence-corrected chi connectivity index (χ2v) is 7.23. The zero-order valence-corrected chi connectivity index (χ0v) is 13.2. The van der Waals surface area contributed by atoms with Gasteiger partial charge >= 0.3 is 0 Å². The lowest BCUT2D eigenvalue weighted by molar-refractivity contribution is 0.0131. The molecule has 0 spiro atoms. The Hall–Kier alpha value is -0.860. The molecule has 1 saturated carbocycles. The molecule has 2 atom stereocenters. The van der Waals surface area contributed by atoms with Crippen molar-refractivity contribution in [3.63, 3.8) is 0 Å². The van der Waals surface area contributed by atoms with Crippen LogP contribution in [0.2, 0.25) is 0 Å². The van der Waals surface area contributed by atoms with Crippen molar-refractivity contribution in [2.45, 2.75) is 51.1 Å². The van der Waals surface area contributed by atoms with Crippen LogP contribution < -0.4 is 5.32 Å². The lowest BCUT2D eigenvalue weighted by atomic mass is 9.82. The number of hydrogen-bond acceptors (Lipinski definition) is 2. The predicted molar refractivity (Wildman–Crippen MR) is 84.8 cm³/mol. The first kappa shape index (κ1) is 14.1. The highest BCUT2D eigenvalue weighted by Crippen LogP contribution is 2.38. The SMILES string of the molecule is CCC1(C)CN(CC2CC2)C(C)(c2ccccc2)CN1. The molecule has 1 aromatic rings. The van der Waals surface area contributed by atoms with Gasteiger partial charge in [0.25, 0.3) is 0 Å². The molecule has 2 unspecified atom stereocenters. The molecular weight excluding hydrogens is 244 g/mol. The van der Waals surface area contributed by atoms with Gasteiger partial charge in [-0.05, 0) is 44.6 Å². The quantitative estimate of drug-likeness (QED) is 0.904. The van der Waals surface area contributed by atoms with E-state index in [9.17, 15) is 0 Å². The van der Waals surface area contributed by atoms with Gasteiger partial charge in [-0.1, -0.05) is 37.3 Å². The largest absolute Gasteiger partial charge is 0.308 e. The molecule has 2 nitrogen and oxygen atoms in total. The summed E-state index contributed by atoms with van der Waals surface area (Å²) in [5.41, 5.74) is 1.85. The zero-order chi connectivity index (χ0) is 14.2. The van der Waals surface area contributed by atoms with Crippen LogP contribution >= 0.6 is 0 Å². The normalized spacial score (nSPS) is 35.1. The maximum Gasteiger partial charge on any atom is 0.0558 e. The first-order valence-corrected chi connectivity index (χ1v) is 8.11. The number of hydrogen-bond donors (Lipinski definition) is 1. The average molecular weight is 272 g/mol. The van der Waals surface area contributed by atoms with E-state index in [1.807, 2.05) is 0 Å². The van der Waals surface area contributed by atoms with Crippen molar-refractivity contribution in [1.82, 2.24) is 10.2 Å². The highest BCUT2D eigenvalue weighted by atomic mass is 15.3. The van der Waals surface area contributed by atoms with Crippen LogP contribution in [0.25, 0.3) is 0 Å². The van der Waals surface area contributed by atoms with E-state index >= 15 is 0 Å². The number of piperazine rings is 1. The Morgan fingerprint density at radius 1 is 1.20 bits per heavy atom. The third-order valence-electron chi connectivity index (χ3n) is 5.45. The van der Waals surface area contributed by atoms with Crippen molar-refractivity contribution in [2.75, 3.05) is 19.6 Å². The average Bonchev–Trinajstić information content (AvgIpc) is 3.28. The highest BCUT2D eigenvalue weighted by Gasteiger charge is 2.44. The third-order valence-corrected chi connectivity index (χ3v) is 5.45. The molecule has 0 amide bonds. The Morgan fingerprint density at radius 2 is 1.90 bits per heavy atom. The number of nitrogens with one attached hydrogen (secondary N) is 1. The molecule has 0 aromatic heterocycles. The molecule has 110 valence electrons. The first-order chi connectivity index (χ1) is 9.56. The van der Waals surface area contributed by atoms with Crippen molar-refractivity contribution in [3.05, 3.63) is 35.9 Å². The Bertz CT molecular complexity index is 454. The van der Waals surface area contributed by atoms with E-state index in [0.717, 1.165) is 19.0 Å². The maximum absolute atomic E-state index is 3.82. The molecule has 0 bridgehead atoms. The van der Waals surface area contributed by atoms with E-state index < -0.39 is 0 Å². The zero-order valence-electron chi connectivity index (χ0n) is 13.2. The van der Waals surface area contributed by atoms with Crippen LogP contribution in [0, 0.1) is 5.92 Å². The van der Waals surface area contributed by atoms with Gasteiger partial charge < -0.3 is 5.32 Å². The maximum atomic E-state index is 3.82. The fraction of sp³-hybridized carbons (Fsp3) is 0.667. The van der Waals surface area contributed by atoms with Gasteiger partial charge in [-0.2, -0.15) is 0 Å². The van der Waals surface area contributed by atoms with Crippen LogP contribution in [-0.2, 0) is 5.54 Å². The summed E-state index contributed by atoms with van der Waals surface area (Å²) in [4.78, 5) is 2.75. The summed E-state index contributed by atoms with van der Waals surface area (Å²) in [6.07, 6.45) is 4.05. The summed E-state index contributed by atoms with van der Waals surface area (Å²) in [6, 6.07) is 11.0. The van der Waals surface area contributed by atoms with Crippen molar-refractivity contribution in [2.24, 2.45) is 5.92 Å². The van der Waals surface area contributed by atoms with E-state index in [4.69, 9.17) is 0 Å². The minimum absolute atomic E-state index is 0.137. The summed E-state index contributed by atoms with van der Waals surface area (Å²) in [7, 11) is 0. The lowest BCUT2D eigenvalue weighted by Gasteiger charge is -2.52. The minimum atomic E-state index is 0.137. The molecule has 20 heavy (non-hydrogen) atoms. The Morgan fingerprint density at radius 3 is 2.50 bits per heavy atom. The molecule has 1 aliphatic heterocycles. The smallest absolute Gasteiger partial charge is 0.0558 e. The fourth-order valence-corrected chi connectivity index (χ4v) is 3.35. The Kier molecular flexibility index (Phi) is 3.64. The summed E-state index contributed by atoms with van der Waals surface area (Å²) >= 11 is 0. The van der Waals surface area contributed by atoms with E-state index in [2.05, 4.69) is 61.3 Å². The second kappa shape index (κ2) is 5.16. The molecule has 0 radical (unpaired) electrons.